The van der Waals surface area contributed by atoms with Gasteiger partial charge in [0.15, 0.2) is 5.65 Å². The Morgan fingerprint density at radius 1 is 1.32 bits per heavy atom. The van der Waals surface area contributed by atoms with E-state index in [-0.39, 0.29) is 6.04 Å². The Hall–Kier alpha value is -2.09. The second kappa shape index (κ2) is 6.35. The molecule has 1 N–H and O–H groups in total. The summed E-state index contributed by atoms with van der Waals surface area (Å²) in [6.45, 7) is 6.62. The zero-order chi connectivity index (χ0) is 15.5. The molecule has 3 rings (SSSR count). The van der Waals surface area contributed by atoms with Crippen LogP contribution >= 0.6 is 0 Å². The standard InChI is InChI=1S/C14H18F2N6/c1-2-7-21-8-5-10(6-9-21)17-11-3-4-12-18-19-14(13(15)16)22(12)20-11/h2-4,10,13H,1,5-9H2,(H,17,20). The Labute approximate surface area is 126 Å². The van der Waals surface area contributed by atoms with Crippen LogP contribution in [0.1, 0.15) is 25.1 Å². The molecule has 118 valence electrons. The van der Waals surface area contributed by atoms with Crippen molar-refractivity contribution in [2.45, 2.75) is 25.3 Å². The van der Waals surface area contributed by atoms with Crippen molar-refractivity contribution in [3.8, 4) is 0 Å². The molecule has 1 fully saturated rings. The van der Waals surface area contributed by atoms with Gasteiger partial charge in [0, 0.05) is 25.7 Å². The number of fused-ring (bicyclic) bond motifs is 1. The van der Waals surface area contributed by atoms with Gasteiger partial charge in [-0.3, -0.25) is 4.90 Å². The summed E-state index contributed by atoms with van der Waals surface area (Å²) in [5.74, 6) is 0.135. The lowest BCUT2D eigenvalue weighted by Gasteiger charge is -2.31. The largest absolute Gasteiger partial charge is 0.366 e. The molecule has 0 aromatic carbocycles. The fraction of sp³-hybridized carbons (Fsp3) is 0.500. The Morgan fingerprint density at radius 3 is 2.77 bits per heavy atom. The second-order valence-electron chi connectivity index (χ2n) is 5.36. The summed E-state index contributed by atoms with van der Waals surface area (Å²) >= 11 is 0. The van der Waals surface area contributed by atoms with Crippen LogP contribution in [-0.4, -0.2) is 50.4 Å². The molecule has 1 saturated heterocycles. The molecule has 0 unspecified atom stereocenters. The van der Waals surface area contributed by atoms with Gasteiger partial charge in [-0.2, -0.15) is 4.52 Å². The van der Waals surface area contributed by atoms with Crippen molar-refractivity contribution < 1.29 is 8.78 Å². The molecule has 0 atom stereocenters. The highest BCUT2D eigenvalue weighted by atomic mass is 19.3. The van der Waals surface area contributed by atoms with Crippen molar-refractivity contribution in [1.82, 2.24) is 24.7 Å². The van der Waals surface area contributed by atoms with Crippen molar-refractivity contribution in [3.05, 3.63) is 30.6 Å². The van der Waals surface area contributed by atoms with E-state index in [1.807, 2.05) is 6.08 Å². The van der Waals surface area contributed by atoms with Crippen LogP contribution in [0.3, 0.4) is 0 Å². The second-order valence-corrected chi connectivity index (χ2v) is 5.36. The minimum absolute atomic E-state index is 0.289. The highest BCUT2D eigenvalue weighted by molar-refractivity contribution is 5.44. The van der Waals surface area contributed by atoms with Gasteiger partial charge in [-0.1, -0.05) is 6.08 Å². The Kier molecular flexibility index (Phi) is 4.28. The highest BCUT2D eigenvalue weighted by Crippen LogP contribution is 2.19. The van der Waals surface area contributed by atoms with Crippen molar-refractivity contribution in [2.24, 2.45) is 0 Å². The molecule has 3 heterocycles. The first kappa shape index (κ1) is 14.8. The summed E-state index contributed by atoms with van der Waals surface area (Å²) in [6, 6.07) is 3.67. The van der Waals surface area contributed by atoms with E-state index in [4.69, 9.17) is 0 Å². The molecule has 0 aliphatic carbocycles. The number of rotatable bonds is 5. The topological polar surface area (TPSA) is 58.3 Å². The summed E-state index contributed by atoms with van der Waals surface area (Å²) in [5.41, 5.74) is 0.321. The van der Waals surface area contributed by atoms with Crippen LogP contribution in [0, 0.1) is 0 Å². The normalized spacial score (nSPS) is 17.2. The number of nitrogens with zero attached hydrogens (tertiary/aromatic N) is 5. The van der Waals surface area contributed by atoms with Crippen LogP contribution in [0.5, 0.6) is 0 Å². The first-order valence-electron chi connectivity index (χ1n) is 7.27. The van der Waals surface area contributed by atoms with Crippen LogP contribution in [0.15, 0.2) is 24.8 Å². The van der Waals surface area contributed by atoms with Gasteiger partial charge in [0.2, 0.25) is 5.82 Å². The Morgan fingerprint density at radius 2 is 2.09 bits per heavy atom. The maximum atomic E-state index is 12.8. The number of nitrogens with one attached hydrogen (secondary N) is 1. The predicted molar refractivity (Wildman–Crippen MR) is 79.0 cm³/mol. The van der Waals surface area contributed by atoms with Crippen LogP contribution in [0.25, 0.3) is 5.65 Å². The van der Waals surface area contributed by atoms with E-state index in [0.29, 0.717) is 11.5 Å². The molecule has 1 aliphatic rings. The van der Waals surface area contributed by atoms with Gasteiger partial charge in [-0.25, -0.2) is 8.78 Å². The summed E-state index contributed by atoms with van der Waals surface area (Å²) in [6.07, 6.45) is 1.18. The van der Waals surface area contributed by atoms with Gasteiger partial charge < -0.3 is 5.32 Å². The number of halogens is 2. The van der Waals surface area contributed by atoms with E-state index in [2.05, 4.69) is 32.1 Å². The average Bonchev–Trinajstić information content (AvgIpc) is 2.93. The monoisotopic (exact) mass is 308 g/mol. The lowest BCUT2D eigenvalue weighted by atomic mass is 10.1. The van der Waals surface area contributed by atoms with Gasteiger partial charge in [0.25, 0.3) is 6.43 Å². The van der Waals surface area contributed by atoms with E-state index in [9.17, 15) is 8.78 Å². The third kappa shape index (κ3) is 3.06. The van der Waals surface area contributed by atoms with E-state index in [1.54, 1.807) is 12.1 Å². The van der Waals surface area contributed by atoms with E-state index < -0.39 is 12.2 Å². The van der Waals surface area contributed by atoms with E-state index >= 15 is 0 Å². The molecule has 0 saturated carbocycles. The molecule has 22 heavy (non-hydrogen) atoms. The average molecular weight is 308 g/mol. The van der Waals surface area contributed by atoms with Gasteiger partial charge in [-0.05, 0) is 25.0 Å². The molecule has 8 heteroatoms. The molecule has 0 amide bonds. The lowest BCUT2D eigenvalue weighted by molar-refractivity contribution is 0.137. The van der Waals surface area contributed by atoms with Crippen molar-refractivity contribution in [2.75, 3.05) is 25.0 Å². The predicted octanol–water partition coefficient (Wildman–Crippen LogP) is 2.12. The zero-order valence-corrected chi connectivity index (χ0v) is 12.1. The number of piperidine rings is 1. The maximum absolute atomic E-state index is 12.8. The number of anilines is 1. The highest BCUT2D eigenvalue weighted by Gasteiger charge is 2.20. The number of aromatic nitrogens is 4. The van der Waals surface area contributed by atoms with Crippen LogP contribution in [0.2, 0.25) is 0 Å². The first-order valence-corrected chi connectivity index (χ1v) is 7.27. The summed E-state index contributed by atoms with van der Waals surface area (Å²) < 4.78 is 26.8. The van der Waals surface area contributed by atoms with Crippen molar-refractivity contribution in [3.63, 3.8) is 0 Å². The first-order chi connectivity index (χ1) is 10.7. The van der Waals surface area contributed by atoms with Gasteiger partial charge >= 0.3 is 0 Å². The van der Waals surface area contributed by atoms with Gasteiger partial charge in [0.1, 0.15) is 5.82 Å². The zero-order valence-electron chi connectivity index (χ0n) is 12.1. The molecule has 6 nitrogen and oxygen atoms in total. The quantitative estimate of drug-likeness (QED) is 0.858. The Bertz CT molecular complexity index is 648. The van der Waals surface area contributed by atoms with Crippen LogP contribution in [-0.2, 0) is 0 Å². The van der Waals surface area contributed by atoms with E-state index in [1.165, 1.54) is 0 Å². The minimum Gasteiger partial charge on any atom is -0.366 e. The van der Waals surface area contributed by atoms with E-state index in [0.717, 1.165) is 37.0 Å². The summed E-state index contributed by atoms with van der Waals surface area (Å²) in [4.78, 5) is 2.33. The van der Waals surface area contributed by atoms with Crippen LogP contribution in [0.4, 0.5) is 14.6 Å². The number of hydrogen-bond donors (Lipinski definition) is 1. The molecule has 0 radical (unpaired) electrons. The van der Waals surface area contributed by atoms with Crippen molar-refractivity contribution in [1.29, 1.82) is 0 Å². The van der Waals surface area contributed by atoms with Crippen LogP contribution < -0.4 is 5.32 Å². The summed E-state index contributed by atoms with van der Waals surface area (Å²) in [7, 11) is 0. The maximum Gasteiger partial charge on any atom is 0.299 e. The SMILES string of the molecule is C=CCN1CCC(Nc2ccc3nnc(C(F)F)n3n2)CC1. The van der Waals surface area contributed by atoms with Crippen molar-refractivity contribution >= 4 is 11.5 Å². The third-order valence-corrected chi connectivity index (χ3v) is 3.81. The molecule has 0 spiro atoms. The number of likely N-dealkylation sites (tertiary alicyclic amines) is 1. The number of hydrogen-bond acceptors (Lipinski definition) is 5. The van der Waals surface area contributed by atoms with Gasteiger partial charge in [-0.15, -0.1) is 21.9 Å². The lowest BCUT2D eigenvalue weighted by Crippen LogP contribution is -2.39. The smallest absolute Gasteiger partial charge is 0.299 e. The molecular formula is C14H18F2N6. The molecule has 2 aromatic rings. The summed E-state index contributed by atoms with van der Waals surface area (Å²) in [5, 5.41) is 14.6. The van der Waals surface area contributed by atoms with Gasteiger partial charge in [0.05, 0.1) is 0 Å². The molecule has 1 aliphatic heterocycles. The Balaban J connectivity index is 1.69. The minimum atomic E-state index is -2.69. The fourth-order valence-corrected chi connectivity index (χ4v) is 2.67. The molecule has 2 aromatic heterocycles. The molecule has 0 bridgehead atoms. The number of alkyl halides is 2. The molecular weight excluding hydrogens is 290 g/mol. The third-order valence-electron chi connectivity index (χ3n) is 3.81. The fourth-order valence-electron chi connectivity index (χ4n) is 2.67.